The Morgan fingerprint density at radius 2 is 1.88 bits per heavy atom. The van der Waals surface area contributed by atoms with Crippen molar-refractivity contribution in [1.29, 1.82) is 0 Å². The van der Waals surface area contributed by atoms with Crippen molar-refractivity contribution in [3.8, 4) is 0 Å². The van der Waals surface area contributed by atoms with Gasteiger partial charge < -0.3 is 19.9 Å². The summed E-state index contributed by atoms with van der Waals surface area (Å²) in [6.45, 7) is 7.15. The second-order valence-electron chi connectivity index (χ2n) is 7.21. The lowest BCUT2D eigenvalue weighted by molar-refractivity contribution is -0.0355. The first-order valence-electron chi connectivity index (χ1n) is 9.53. The van der Waals surface area contributed by atoms with Crippen LogP contribution in [0.25, 0.3) is 0 Å². The number of fused-ring (bicyclic) bond motifs is 1. The molecule has 3 aliphatic heterocycles. The molecule has 6 nitrogen and oxygen atoms in total. The Morgan fingerprint density at radius 1 is 1.04 bits per heavy atom. The normalized spacial score (nSPS) is 24.7. The molecule has 4 rings (SSSR count). The lowest BCUT2D eigenvalue weighted by Gasteiger charge is -2.43. The maximum Gasteiger partial charge on any atom is 0.322 e. The number of morpholine rings is 1. The number of anilines is 2. The van der Waals surface area contributed by atoms with Crippen LogP contribution >= 0.6 is 0 Å². The molecule has 0 radical (unpaired) electrons. The molecule has 0 aromatic heterocycles. The molecular weight excluding hydrogens is 316 g/mol. The average molecular weight is 344 g/mol. The number of amides is 2. The van der Waals surface area contributed by atoms with Crippen molar-refractivity contribution in [2.24, 2.45) is 0 Å². The average Bonchev–Trinajstić information content (AvgIpc) is 2.68. The van der Waals surface area contributed by atoms with Crippen molar-refractivity contribution in [2.45, 2.75) is 25.3 Å². The molecule has 6 heteroatoms. The fourth-order valence-corrected chi connectivity index (χ4v) is 4.12. The van der Waals surface area contributed by atoms with Gasteiger partial charge in [-0.25, -0.2) is 4.79 Å². The van der Waals surface area contributed by atoms with Gasteiger partial charge in [0.1, 0.15) is 0 Å². The first-order valence-corrected chi connectivity index (χ1v) is 9.53. The minimum absolute atomic E-state index is 0.00897. The SMILES string of the molecule is O=C(Nc1ccccc1N1CCCCC1)N1CCN2CCOCC2C1. The number of para-hydroxylation sites is 2. The van der Waals surface area contributed by atoms with Crippen molar-refractivity contribution >= 4 is 17.4 Å². The molecule has 1 aromatic carbocycles. The number of urea groups is 1. The van der Waals surface area contributed by atoms with Crippen LogP contribution in [0, 0.1) is 0 Å². The van der Waals surface area contributed by atoms with Crippen LogP contribution in [0.2, 0.25) is 0 Å². The topological polar surface area (TPSA) is 48.1 Å². The minimum Gasteiger partial charge on any atom is -0.378 e. The van der Waals surface area contributed by atoms with Gasteiger partial charge in [-0.1, -0.05) is 12.1 Å². The summed E-state index contributed by atoms with van der Waals surface area (Å²) in [5.74, 6) is 0. The Balaban J connectivity index is 1.42. The third-order valence-corrected chi connectivity index (χ3v) is 5.57. The van der Waals surface area contributed by atoms with Crippen LogP contribution in [-0.4, -0.2) is 74.4 Å². The summed E-state index contributed by atoms with van der Waals surface area (Å²) in [5, 5.41) is 3.16. The smallest absolute Gasteiger partial charge is 0.322 e. The number of hydrogen-bond donors (Lipinski definition) is 1. The molecule has 3 fully saturated rings. The number of hydrogen-bond acceptors (Lipinski definition) is 4. The van der Waals surface area contributed by atoms with Crippen molar-refractivity contribution in [2.75, 3.05) is 62.7 Å². The first kappa shape index (κ1) is 16.7. The molecular formula is C19H28N4O2. The Morgan fingerprint density at radius 3 is 2.76 bits per heavy atom. The molecule has 1 atom stereocenters. The predicted octanol–water partition coefficient (Wildman–Crippen LogP) is 2.23. The predicted molar refractivity (Wildman–Crippen MR) is 99.3 cm³/mol. The number of nitrogens with one attached hydrogen (secondary N) is 1. The number of carbonyl (C=O) groups is 1. The summed E-state index contributed by atoms with van der Waals surface area (Å²) < 4.78 is 5.58. The number of piperazine rings is 1. The van der Waals surface area contributed by atoms with E-state index in [4.69, 9.17) is 4.74 Å². The molecule has 136 valence electrons. The fraction of sp³-hybridized carbons (Fsp3) is 0.632. The van der Waals surface area contributed by atoms with E-state index in [0.717, 1.165) is 63.9 Å². The summed E-state index contributed by atoms with van der Waals surface area (Å²) in [7, 11) is 0. The Kier molecular flexibility index (Phi) is 5.08. The van der Waals surface area contributed by atoms with Gasteiger partial charge in [-0.3, -0.25) is 4.90 Å². The van der Waals surface area contributed by atoms with Crippen LogP contribution < -0.4 is 10.2 Å². The van der Waals surface area contributed by atoms with E-state index in [1.165, 1.54) is 19.3 Å². The molecule has 0 spiro atoms. The number of piperidine rings is 1. The third-order valence-electron chi connectivity index (χ3n) is 5.57. The maximum atomic E-state index is 12.8. The third kappa shape index (κ3) is 3.75. The van der Waals surface area contributed by atoms with Gasteiger partial charge in [-0.05, 0) is 31.4 Å². The molecule has 1 aromatic rings. The van der Waals surface area contributed by atoms with E-state index in [9.17, 15) is 4.79 Å². The van der Waals surface area contributed by atoms with Crippen LogP contribution in [0.3, 0.4) is 0 Å². The molecule has 25 heavy (non-hydrogen) atoms. The Hall–Kier alpha value is -1.79. The number of benzene rings is 1. The second-order valence-corrected chi connectivity index (χ2v) is 7.21. The maximum absolute atomic E-state index is 12.8. The van der Waals surface area contributed by atoms with Crippen LogP contribution in [0.15, 0.2) is 24.3 Å². The molecule has 0 aliphatic carbocycles. The van der Waals surface area contributed by atoms with Gasteiger partial charge in [0.05, 0.1) is 30.6 Å². The van der Waals surface area contributed by atoms with E-state index in [-0.39, 0.29) is 6.03 Å². The van der Waals surface area contributed by atoms with E-state index >= 15 is 0 Å². The van der Waals surface area contributed by atoms with Gasteiger partial charge in [-0.2, -0.15) is 0 Å². The summed E-state index contributed by atoms with van der Waals surface area (Å²) in [4.78, 5) is 19.6. The van der Waals surface area contributed by atoms with E-state index < -0.39 is 0 Å². The highest BCUT2D eigenvalue weighted by atomic mass is 16.5. The van der Waals surface area contributed by atoms with Gasteiger partial charge >= 0.3 is 6.03 Å². The first-order chi connectivity index (χ1) is 12.3. The second kappa shape index (κ2) is 7.62. The molecule has 2 amide bonds. The highest BCUT2D eigenvalue weighted by Gasteiger charge is 2.31. The fourth-order valence-electron chi connectivity index (χ4n) is 4.12. The van der Waals surface area contributed by atoms with E-state index in [1.54, 1.807) is 0 Å². The van der Waals surface area contributed by atoms with Gasteiger partial charge in [-0.15, -0.1) is 0 Å². The van der Waals surface area contributed by atoms with E-state index in [2.05, 4.69) is 27.2 Å². The zero-order chi connectivity index (χ0) is 17.1. The highest BCUT2D eigenvalue weighted by molar-refractivity contribution is 5.93. The number of nitrogens with zero attached hydrogens (tertiary/aromatic N) is 3. The molecule has 0 bridgehead atoms. The van der Waals surface area contributed by atoms with Crippen LogP contribution in [-0.2, 0) is 4.74 Å². The van der Waals surface area contributed by atoms with E-state index in [0.29, 0.717) is 6.04 Å². The number of ether oxygens (including phenoxy) is 1. The van der Waals surface area contributed by atoms with Crippen molar-refractivity contribution in [3.05, 3.63) is 24.3 Å². The monoisotopic (exact) mass is 344 g/mol. The highest BCUT2D eigenvalue weighted by Crippen LogP contribution is 2.28. The van der Waals surface area contributed by atoms with Crippen molar-refractivity contribution < 1.29 is 9.53 Å². The molecule has 1 N–H and O–H groups in total. The molecule has 0 saturated carbocycles. The summed E-state index contributed by atoms with van der Waals surface area (Å²) in [5.41, 5.74) is 2.08. The Labute approximate surface area is 149 Å². The summed E-state index contributed by atoms with van der Waals surface area (Å²) in [6.07, 6.45) is 3.76. The van der Waals surface area contributed by atoms with E-state index in [1.807, 2.05) is 17.0 Å². The lowest BCUT2D eigenvalue weighted by Crippen LogP contribution is -2.59. The summed E-state index contributed by atoms with van der Waals surface area (Å²) >= 11 is 0. The molecule has 1 unspecified atom stereocenters. The van der Waals surface area contributed by atoms with Gasteiger partial charge in [0.25, 0.3) is 0 Å². The van der Waals surface area contributed by atoms with Gasteiger partial charge in [0.2, 0.25) is 0 Å². The van der Waals surface area contributed by atoms with Crippen LogP contribution in [0.5, 0.6) is 0 Å². The molecule has 3 saturated heterocycles. The quantitative estimate of drug-likeness (QED) is 0.894. The van der Waals surface area contributed by atoms with Gasteiger partial charge in [0, 0.05) is 39.3 Å². The standard InChI is InChI=1S/C19H28N4O2/c24-19(23-11-10-21-12-13-25-15-16(21)14-23)20-17-6-2-3-7-18(17)22-8-4-1-5-9-22/h2-3,6-7,16H,1,4-5,8-15H2,(H,20,24). The summed E-state index contributed by atoms with van der Waals surface area (Å²) in [6, 6.07) is 8.53. The largest absolute Gasteiger partial charge is 0.378 e. The number of carbonyl (C=O) groups excluding carboxylic acids is 1. The van der Waals surface area contributed by atoms with Crippen LogP contribution in [0.1, 0.15) is 19.3 Å². The minimum atomic E-state index is 0.00897. The Bertz CT molecular complexity index is 603. The molecule has 3 heterocycles. The van der Waals surface area contributed by atoms with Crippen molar-refractivity contribution in [1.82, 2.24) is 9.80 Å². The van der Waals surface area contributed by atoms with Gasteiger partial charge in [0.15, 0.2) is 0 Å². The molecule has 3 aliphatic rings. The number of rotatable bonds is 2. The van der Waals surface area contributed by atoms with Crippen LogP contribution in [0.4, 0.5) is 16.2 Å². The van der Waals surface area contributed by atoms with Crippen molar-refractivity contribution in [3.63, 3.8) is 0 Å². The zero-order valence-corrected chi connectivity index (χ0v) is 14.8. The lowest BCUT2D eigenvalue weighted by atomic mass is 10.1. The zero-order valence-electron chi connectivity index (χ0n) is 14.8.